The van der Waals surface area contributed by atoms with Crippen molar-refractivity contribution >= 4 is 38.3 Å². The van der Waals surface area contributed by atoms with Crippen LogP contribution in [0.15, 0.2) is 66.9 Å². The number of sulfone groups is 1. The van der Waals surface area contributed by atoms with E-state index in [1.807, 2.05) is 48.3 Å². The number of anilines is 2. The van der Waals surface area contributed by atoms with Crippen LogP contribution in [0.5, 0.6) is 0 Å². The van der Waals surface area contributed by atoms with E-state index in [-0.39, 0.29) is 5.75 Å². The van der Waals surface area contributed by atoms with E-state index in [0.717, 1.165) is 72.0 Å². The van der Waals surface area contributed by atoms with Crippen LogP contribution in [0.3, 0.4) is 0 Å². The lowest BCUT2D eigenvalue weighted by Crippen LogP contribution is -2.30. The van der Waals surface area contributed by atoms with E-state index in [4.69, 9.17) is 4.74 Å². The van der Waals surface area contributed by atoms with Crippen LogP contribution in [0.25, 0.3) is 17.0 Å². The van der Waals surface area contributed by atoms with Crippen molar-refractivity contribution in [1.29, 1.82) is 0 Å². The number of hydrogen-bond donors (Lipinski definition) is 1. The van der Waals surface area contributed by atoms with E-state index < -0.39 is 9.84 Å². The third-order valence-corrected chi connectivity index (χ3v) is 8.16. The Balaban J connectivity index is 1.23. The van der Waals surface area contributed by atoms with Crippen LogP contribution in [0.1, 0.15) is 29.7 Å². The van der Waals surface area contributed by atoms with Gasteiger partial charge in [0.1, 0.15) is 22.0 Å². The van der Waals surface area contributed by atoms with Gasteiger partial charge in [-0.3, -0.25) is 4.68 Å². The molecule has 0 unspecified atom stereocenters. The first-order valence-electron chi connectivity index (χ1n) is 13.8. The summed E-state index contributed by atoms with van der Waals surface area (Å²) in [5.74, 6) is 1.69. The zero-order valence-corrected chi connectivity index (χ0v) is 24.6. The first kappa shape index (κ1) is 28.6. The van der Waals surface area contributed by atoms with Crippen molar-refractivity contribution in [1.82, 2.24) is 29.5 Å². The van der Waals surface area contributed by atoms with Gasteiger partial charge in [0.25, 0.3) is 0 Å². The predicted molar refractivity (Wildman–Crippen MR) is 162 cm³/mol. The predicted octanol–water partition coefficient (Wildman–Crippen LogP) is 4.14. The van der Waals surface area contributed by atoms with E-state index >= 15 is 0 Å². The molecule has 2 aromatic carbocycles. The highest BCUT2D eigenvalue weighted by molar-refractivity contribution is 7.90. The number of benzene rings is 2. The van der Waals surface area contributed by atoms with Crippen LogP contribution >= 0.6 is 0 Å². The molecule has 4 aromatic rings. The number of aromatic nitrogens is 4. The van der Waals surface area contributed by atoms with Gasteiger partial charge in [-0.2, -0.15) is 5.10 Å². The summed E-state index contributed by atoms with van der Waals surface area (Å²) in [5, 5.41) is 9.13. The van der Waals surface area contributed by atoms with Crippen molar-refractivity contribution in [2.45, 2.75) is 25.9 Å². The smallest absolute Gasteiger partial charge is 0.190 e. The van der Waals surface area contributed by atoms with Gasteiger partial charge in [0.2, 0.25) is 0 Å². The number of unbranched alkanes of at least 4 members (excludes halogenated alkanes) is 1. The van der Waals surface area contributed by atoms with E-state index in [9.17, 15) is 8.42 Å². The summed E-state index contributed by atoms with van der Waals surface area (Å²) in [6.07, 6.45) is 8.67. The fourth-order valence-corrected chi connectivity index (χ4v) is 5.61. The Morgan fingerprint density at radius 3 is 2.68 bits per heavy atom. The molecule has 11 heteroatoms. The first-order chi connectivity index (χ1) is 19.8. The topological polar surface area (TPSA) is 105 Å². The molecule has 0 spiro atoms. The zero-order valence-electron chi connectivity index (χ0n) is 23.8. The molecule has 3 heterocycles. The number of ether oxygens (including phenoxy) is 1. The van der Waals surface area contributed by atoms with Crippen molar-refractivity contribution in [3.05, 3.63) is 83.8 Å². The summed E-state index contributed by atoms with van der Waals surface area (Å²) in [6, 6.07) is 16.5. The van der Waals surface area contributed by atoms with Gasteiger partial charge in [0, 0.05) is 42.1 Å². The second kappa shape index (κ2) is 12.7. The molecule has 0 radical (unpaired) electrons. The van der Waals surface area contributed by atoms with Crippen LogP contribution in [-0.4, -0.2) is 83.8 Å². The van der Waals surface area contributed by atoms with Crippen molar-refractivity contribution < 1.29 is 13.2 Å². The fourth-order valence-electron chi connectivity index (χ4n) is 4.96. The minimum Gasteiger partial charge on any atom is -0.482 e. The average Bonchev–Trinajstić information content (AvgIpc) is 3.35. The number of nitrogens with one attached hydrogen (secondary N) is 1. The van der Waals surface area contributed by atoms with Crippen molar-refractivity contribution in [3.8, 4) is 0 Å². The van der Waals surface area contributed by atoms with Gasteiger partial charge in [0.15, 0.2) is 5.88 Å². The third-order valence-electron chi connectivity index (χ3n) is 7.24. The van der Waals surface area contributed by atoms with Crippen molar-refractivity contribution in [3.63, 3.8) is 0 Å². The molecule has 0 bridgehead atoms. The summed E-state index contributed by atoms with van der Waals surface area (Å²) >= 11 is 0. The number of methoxy groups -OCH3 is 1. The minimum atomic E-state index is -2.94. The first-order valence-corrected chi connectivity index (χ1v) is 15.8. The summed E-state index contributed by atoms with van der Waals surface area (Å²) in [6.45, 7) is 3.56. The van der Waals surface area contributed by atoms with Crippen molar-refractivity contribution in [2.24, 2.45) is 0 Å². The lowest BCUT2D eigenvalue weighted by Gasteiger charge is -2.30. The van der Waals surface area contributed by atoms with Gasteiger partial charge in [-0.05, 0) is 50.2 Å². The Hall–Kier alpha value is -3.96. The van der Waals surface area contributed by atoms with E-state index in [1.165, 1.54) is 11.8 Å². The molecule has 0 fully saturated rings. The highest BCUT2D eigenvalue weighted by Crippen LogP contribution is 2.30. The van der Waals surface area contributed by atoms with Gasteiger partial charge in [-0.15, -0.1) is 0 Å². The zero-order chi connectivity index (χ0) is 28.8. The molecule has 5 rings (SSSR count). The molecule has 2 aromatic heterocycles. The van der Waals surface area contributed by atoms with E-state index in [2.05, 4.69) is 54.4 Å². The highest BCUT2D eigenvalue weighted by atomic mass is 32.2. The summed E-state index contributed by atoms with van der Waals surface area (Å²) in [7, 11) is 0.698. The molecule has 0 saturated heterocycles. The molecular weight excluding hydrogens is 538 g/mol. The molecule has 1 aliphatic heterocycles. The molecule has 41 heavy (non-hydrogen) atoms. The lowest BCUT2D eigenvalue weighted by atomic mass is 10.1. The summed E-state index contributed by atoms with van der Waals surface area (Å²) in [4.78, 5) is 13.4. The van der Waals surface area contributed by atoms with E-state index in [0.29, 0.717) is 13.1 Å². The normalized spacial score (nSPS) is 13.4. The number of nitrogens with zero attached hydrogens (tertiary/aromatic N) is 6. The summed E-state index contributed by atoms with van der Waals surface area (Å²) < 4.78 is 30.6. The Labute approximate surface area is 241 Å². The van der Waals surface area contributed by atoms with Gasteiger partial charge in [0.05, 0.1) is 43.4 Å². The second-order valence-corrected chi connectivity index (χ2v) is 12.8. The molecule has 0 saturated carbocycles. The van der Waals surface area contributed by atoms with Gasteiger partial charge >= 0.3 is 0 Å². The Kier molecular flexibility index (Phi) is 8.84. The number of fused-ring (bicyclic) bond motifs is 2. The van der Waals surface area contributed by atoms with Crippen LogP contribution in [0.4, 0.5) is 11.5 Å². The standard InChI is InChI=1S/C30H37N7O3S/c1-35(15-16-41(3,38)39)13-7-8-14-36-21-27-26(18-29(36)40-2)30(32-22-31-27)34-25-11-12-28-24(17-25)19-33-37(28)20-23-9-5-4-6-10-23/h4-6,9-12,17-19,22H,7-8,13-16,20-21H2,1-3H3,(H,31,32,34). The second-order valence-electron chi connectivity index (χ2n) is 10.5. The quantitative estimate of drug-likeness (QED) is 0.236. The van der Waals surface area contributed by atoms with Crippen LogP contribution in [0.2, 0.25) is 0 Å². The maximum absolute atomic E-state index is 11.4. The Bertz CT molecular complexity index is 1620. The number of rotatable bonds is 13. The molecule has 216 valence electrons. The maximum atomic E-state index is 11.4. The van der Waals surface area contributed by atoms with E-state index in [1.54, 1.807) is 13.4 Å². The maximum Gasteiger partial charge on any atom is 0.190 e. The largest absolute Gasteiger partial charge is 0.482 e. The minimum absolute atomic E-state index is 0.185. The fraction of sp³-hybridized carbons (Fsp3) is 0.367. The highest BCUT2D eigenvalue weighted by Gasteiger charge is 2.22. The SMILES string of the molecule is COC1=Cc2c(ncnc2Nc2ccc3c(cnn3Cc3ccccc3)c2)CN1CCCCN(C)CCS(C)(=O)=O. The van der Waals surface area contributed by atoms with Crippen molar-refractivity contribution in [2.75, 3.05) is 51.1 Å². The van der Waals surface area contributed by atoms with Crippen LogP contribution < -0.4 is 5.32 Å². The molecule has 1 aliphatic rings. The average molecular weight is 576 g/mol. The molecule has 1 N–H and O–H groups in total. The van der Waals surface area contributed by atoms with Gasteiger partial charge in [-0.25, -0.2) is 18.4 Å². The summed E-state index contributed by atoms with van der Waals surface area (Å²) in [5.41, 5.74) is 5.06. The lowest BCUT2D eigenvalue weighted by molar-refractivity contribution is 0.144. The third kappa shape index (κ3) is 7.42. The molecule has 0 atom stereocenters. The van der Waals surface area contributed by atoms with Gasteiger partial charge in [-0.1, -0.05) is 30.3 Å². The molecule has 0 amide bonds. The molecular formula is C30H37N7O3S. The van der Waals surface area contributed by atoms with Crippen LogP contribution in [0, 0.1) is 0 Å². The Morgan fingerprint density at radius 1 is 1.07 bits per heavy atom. The van der Waals surface area contributed by atoms with Gasteiger partial charge < -0.3 is 19.9 Å². The monoisotopic (exact) mass is 575 g/mol. The van der Waals surface area contributed by atoms with Crippen LogP contribution in [-0.2, 0) is 27.7 Å². The Morgan fingerprint density at radius 2 is 1.90 bits per heavy atom. The number of hydrogen-bond acceptors (Lipinski definition) is 9. The molecule has 10 nitrogen and oxygen atoms in total. The molecule has 0 aliphatic carbocycles.